The van der Waals surface area contributed by atoms with Crippen LogP contribution in [-0.2, 0) is 24.1 Å². The van der Waals surface area contributed by atoms with Crippen LogP contribution in [0.4, 0.5) is 18.9 Å². The highest BCUT2D eigenvalue weighted by molar-refractivity contribution is 5.92. The van der Waals surface area contributed by atoms with E-state index in [0.717, 1.165) is 23.3 Å². The quantitative estimate of drug-likeness (QED) is 0.582. The van der Waals surface area contributed by atoms with Crippen LogP contribution in [0.5, 0.6) is 0 Å². The molecule has 29 heavy (non-hydrogen) atoms. The minimum Gasteiger partial charge on any atom is -0.325 e. The van der Waals surface area contributed by atoms with Gasteiger partial charge in [0.1, 0.15) is 0 Å². The normalized spacial score (nSPS) is 11.4. The number of carbonyl (C=O) groups excluding carboxylic acids is 1. The largest absolute Gasteiger partial charge is 0.416 e. The van der Waals surface area contributed by atoms with Crippen LogP contribution in [0.1, 0.15) is 16.7 Å². The van der Waals surface area contributed by atoms with Crippen molar-refractivity contribution >= 4 is 11.6 Å². The molecule has 150 valence electrons. The minimum atomic E-state index is -4.45. The van der Waals surface area contributed by atoms with E-state index in [1.165, 1.54) is 12.1 Å². The first-order chi connectivity index (χ1) is 13.9. The number of hydrogen-bond donors (Lipinski definition) is 1. The Labute approximate surface area is 167 Å². The maximum atomic E-state index is 12.9. The number of nitrogens with one attached hydrogen (secondary N) is 1. The van der Waals surface area contributed by atoms with Crippen molar-refractivity contribution < 1.29 is 18.0 Å². The van der Waals surface area contributed by atoms with Gasteiger partial charge in [-0.2, -0.15) is 13.2 Å². The standard InChI is InChI=1S/C23H21F3N2O/c24-23(25,26)20-12-7-13-21(14-20)27-22(29)17-28(15-18-8-3-1-4-9-18)16-19-10-5-2-6-11-19/h1-14H,15-17H2,(H,27,29). The fraction of sp³-hybridized carbons (Fsp3) is 0.174. The van der Waals surface area contributed by atoms with Crippen molar-refractivity contribution in [1.82, 2.24) is 4.90 Å². The number of anilines is 1. The Morgan fingerprint density at radius 1 is 0.793 bits per heavy atom. The Bertz CT molecular complexity index is 886. The number of rotatable bonds is 7. The predicted molar refractivity (Wildman–Crippen MR) is 107 cm³/mol. The van der Waals surface area contributed by atoms with E-state index in [-0.39, 0.29) is 18.1 Å². The summed E-state index contributed by atoms with van der Waals surface area (Å²) in [5, 5.41) is 2.58. The van der Waals surface area contributed by atoms with Gasteiger partial charge in [-0.05, 0) is 29.3 Å². The highest BCUT2D eigenvalue weighted by Crippen LogP contribution is 2.30. The van der Waals surface area contributed by atoms with E-state index < -0.39 is 11.7 Å². The van der Waals surface area contributed by atoms with Gasteiger partial charge in [0.25, 0.3) is 0 Å². The Morgan fingerprint density at radius 2 is 1.34 bits per heavy atom. The van der Waals surface area contributed by atoms with Crippen molar-refractivity contribution in [2.45, 2.75) is 19.3 Å². The van der Waals surface area contributed by atoms with Crippen LogP contribution < -0.4 is 5.32 Å². The van der Waals surface area contributed by atoms with Gasteiger partial charge in [-0.25, -0.2) is 0 Å². The van der Waals surface area contributed by atoms with Gasteiger partial charge in [0.05, 0.1) is 12.1 Å². The number of hydrogen-bond acceptors (Lipinski definition) is 2. The maximum Gasteiger partial charge on any atom is 0.416 e. The zero-order valence-corrected chi connectivity index (χ0v) is 15.7. The molecule has 0 aliphatic rings. The van der Waals surface area contributed by atoms with E-state index in [1.807, 2.05) is 65.6 Å². The third-order valence-electron chi connectivity index (χ3n) is 4.34. The molecule has 3 aromatic carbocycles. The van der Waals surface area contributed by atoms with Gasteiger partial charge < -0.3 is 5.32 Å². The molecule has 0 fully saturated rings. The Hall–Kier alpha value is -3.12. The van der Waals surface area contributed by atoms with Crippen molar-refractivity contribution in [2.75, 3.05) is 11.9 Å². The van der Waals surface area contributed by atoms with Crippen molar-refractivity contribution in [3.63, 3.8) is 0 Å². The molecule has 0 aromatic heterocycles. The SMILES string of the molecule is O=C(CN(Cc1ccccc1)Cc1ccccc1)Nc1cccc(C(F)(F)F)c1. The first kappa shape index (κ1) is 20.6. The van der Waals surface area contributed by atoms with E-state index in [4.69, 9.17) is 0 Å². The van der Waals surface area contributed by atoms with Crippen LogP contribution in [0, 0.1) is 0 Å². The summed E-state index contributed by atoms with van der Waals surface area (Å²) in [5.74, 6) is -0.365. The molecule has 0 radical (unpaired) electrons. The monoisotopic (exact) mass is 398 g/mol. The average Bonchev–Trinajstić information content (AvgIpc) is 2.69. The topological polar surface area (TPSA) is 32.3 Å². The number of halogens is 3. The maximum absolute atomic E-state index is 12.9. The van der Waals surface area contributed by atoms with Crippen molar-refractivity contribution in [1.29, 1.82) is 0 Å². The third-order valence-corrected chi connectivity index (χ3v) is 4.34. The van der Waals surface area contributed by atoms with Gasteiger partial charge in [0, 0.05) is 18.8 Å². The zero-order valence-electron chi connectivity index (χ0n) is 15.7. The fourth-order valence-corrected chi connectivity index (χ4v) is 3.03. The fourth-order valence-electron chi connectivity index (χ4n) is 3.03. The Kier molecular flexibility index (Phi) is 6.67. The molecule has 0 unspecified atom stereocenters. The lowest BCUT2D eigenvalue weighted by Gasteiger charge is -2.22. The minimum absolute atomic E-state index is 0.0556. The molecule has 0 aliphatic heterocycles. The van der Waals surface area contributed by atoms with E-state index in [1.54, 1.807) is 0 Å². The molecule has 0 heterocycles. The van der Waals surface area contributed by atoms with Crippen LogP contribution in [0.2, 0.25) is 0 Å². The molecule has 0 saturated carbocycles. The third kappa shape index (κ3) is 6.47. The second-order valence-corrected chi connectivity index (χ2v) is 6.74. The van der Waals surface area contributed by atoms with Crippen LogP contribution >= 0.6 is 0 Å². The first-order valence-electron chi connectivity index (χ1n) is 9.17. The summed E-state index contributed by atoms with van der Waals surface area (Å²) >= 11 is 0. The molecule has 1 amide bonds. The average molecular weight is 398 g/mol. The molecule has 1 N–H and O–H groups in total. The molecule has 0 aliphatic carbocycles. The van der Waals surface area contributed by atoms with Gasteiger partial charge >= 0.3 is 6.18 Å². The number of benzene rings is 3. The summed E-state index contributed by atoms with van der Waals surface area (Å²) in [6.07, 6.45) is -4.45. The van der Waals surface area contributed by atoms with Crippen molar-refractivity contribution in [3.05, 3.63) is 102 Å². The van der Waals surface area contributed by atoms with Crippen LogP contribution in [0.25, 0.3) is 0 Å². The lowest BCUT2D eigenvalue weighted by Crippen LogP contribution is -2.32. The molecule has 3 rings (SSSR count). The van der Waals surface area contributed by atoms with Gasteiger partial charge in [0.2, 0.25) is 5.91 Å². The van der Waals surface area contributed by atoms with Gasteiger partial charge in [-0.3, -0.25) is 9.69 Å². The van der Waals surface area contributed by atoms with Gasteiger partial charge in [-0.1, -0.05) is 66.7 Å². The molecular formula is C23H21F3N2O. The highest BCUT2D eigenvalue weighted by Gasteiger charge is 2.30. The summed E-state index contributed by atoms with van der Waals surface area (Å²) in [5.41, 5.74) is 1.44. The molecule has 0 atom stereocenters. The second-order valence-electron chi connectivity index (χ2n) is 6.74. The van der Waals surface area contributed by atoms with E-state index in [0.29, 0.717) is 13.1 Å². The molecule has 0 spiro atoms. The summed E-state index contributed by atoms with van der Waals surface area (Å²) in [6.45, 7) is 1.15. The predicted octanol–water partition coefficient (Wildman–Crippen LogP) is 5.35. The smallest absolute Gasteiger partial charge is 0.325 e. The van der Waals surface area contributed by atoms with Crippen molar-refractivity contribution in [3.8, 4) is 0 Å². The molecule has 0 saturated heterocycles. The van der Waals surface area contributed by atoms with Crippen molar-refractivity contribution in [2.24, 2.45) is 0 Å². The van der Waals surface area contributed by atoms with E-state index >= 15 is 0 Å². The Balaban J connectivity index is 1.70. The van der Waals surface area contributed by atoms with Crippen LogP contribution in [0.15, 0.2) is 84.9 Å². The zero-order chi connectivity index (χ0) is 20.7. The van der Waals surface area contributed by atoms with E-state index in [2.05, 4.69) is 5.32 Å². The van der Waals surface area contributed by atoms with Gasteiger partial charge in [0.15, 0.2) is 0 Å². The van der Waals surface area contributed by atoms with Crippen LogP contribution in [-0.4, -0.2) is 17.4 Å². The Morgan fingerprint density at radius 3 is 1.86 bits per heavy atom. The first-order valence-corrected chi connectivity index (χ1v) is 9.17. The molecule has 3 nitrogen and oxygen atoms in total. The summed E-state index contributed by atoms with van der Waals surface area (Å²) in [6, 6.07) is 24.1. The van der Waals surface area contributed by atoms with Crippen LogP contribution in [0.3, 0.4) is 0 Å². The highest BCUT2D eigenvalue weighted by atomic mass is 19.4. The molecule has 0 bridgehead atoms. The number of carbonyl (C=O) groups is 1. The van der Waals surface area contributed by atoms with E-state index in [9.17, 15) is 18.0 Å². The number of amides is 1. The lowest BCUT2D eigenvalue weighted by molar-refractivity contribution is -0.137. The lowest BCUT2D eigenvalue weighted by atomic mass is 10.1. The molecular weight excluding hydrogens is 377 g/mol. The second kappa shape index (κ2) is 9.39. The summed E-state index contributed by atoms with van der Waals surface area (Å²) in [7, 11) is 0. The summed E-state index contributed by atoms with van der Waals surface area (Å²) < 4.78 is 38.6. The number of alkyl halides is 3. The van der Waals surface area contributed by atoms with Gasteiger partial charge in [-0.15, -0.1) is 0 Å². The summed E-state index contributed by atoms with van der Waals surface area (Å²) in [4.78, 5) is 14.5. The number of nitrogens with zero attached hydrogens (tertiary/aromatic N) is 1. The molecule has 6 heteroatoms. The molecule has 3 aromatic rings.